The van der Waals surface area contributed by atoms with E-state index in [9.17, 15) is 14.7 Å². The van der Waals surface area contributed by atoms with Gasteiger partial charge in [-0.25, -0.2) is 4.98 Å². The van der Waals surface area contributed by atoms with Crippen LogP contribution in [0, 0.1) is 0 Å². The number of aliphatic hydroxyl groups is 1. The van der Waals surface area contributed by atoms with Gasteiger partial charge in [0.05, 0.1) is 36.6 Å². The molecule has 9 heteroatoms. The maximum Gasteiger partial charge on any atom is 0.301 e. The van der Waals surface area contributed by atoms with Crippen molar-refractivity contribution in [1.29, 1.82) is 0 Å². The molecular formula is C28H24N2O6S. The van der Waals surface area contributed by atoms with Gasteiger partial charge in [-0.15, -0.1) is 0 Å². The van der Waals surface area contributed by atoms with Gasteiger partial charge in [-0.1, -0.05) is 29.5 Å². The van der Waals surface area contributed by atoms with E-state index in [0.29, 0.717) is 45.6 Å². The van der Waals surface area contributed by atoms with Crippen molar-refractivity contribution in [3.63, 3.8) is 0 Å². The standard InChI is InChI=1S/C28H24N2O6S/c1-4-36-17-11-9-16(10-12-17)25(31)23-24(19-7-5-6-8-21(19)35-3)30(27(33)26(23)32)28-29-20-14-13-18(34-2)15-22(20)37-28/h5-15,24,31H,4H2,1-3H3. The molecule has 8 nitrogen and oxygen atoms in total. The van der Waals surface area contributed by atoms with Gasteiger partial charge in [0.25, 0.3) is 5.78 Å². The molecule has 1 saturated heterocycles. The van der Waals surface area contributed by atoms with Crippen LogP contribution in [0.25, 0.3) is 16.0 Å². The minimum atomic E-state index is -0.954. The number of ether oxygens (including phenoxy) is 3. The van der Waals surface area contributed by atoms with Crippen LogP contribution in [0.3, 0.4) is 0 Å². The number of anilines is 1. The number of para-hydroxylation sites is 1. The van der Waals surface area contributed by atoms with E-state index in [1.165, 1.54) is 23.3 Å². The predicted molar refractivity (Wildman–Crippen MR) is 142 cm³/mol. The lowest BCUT2D eigenvalue weighted by atomic mass is 9.94. The lowest BCUT2D eigenvalue weighted by Gasteiger charge is -2.24. The van der Waals surface area contributed by atoms with E-state index in [4.69, 9.17) is 14.2 Å². The molecule has 0 bridgehead atoms. The van der Waals surface area contributed by atoms with Crippen molar-refractivity contribution in [2.24, 2.45) is 0 Å². The Kier molecular flexibility index (Phi) is 6.54. The summed E-state index contributed by atoms with van der Waals surface area (Å²) in [6.45, 7) is 2.37. The second kappa shape index (κ2) is 9.94. The Bertz CT molecular complexity index is 1530. The fourth-order valence-electron chi connectivity index (χ4n) is 4.37. The van der Waals surface area contributed by atoms with Crippen molar-refractivity contribution >= 4 is 44.1 Å². The van der Waals surface area contributed by atoms with Crippen molar-refractivity contribution in [2.45, 2.75) is 13.0 Å². The van der Waals surface area contributed by atoms with Crippen LogP contribution in [0.4, 0.5) is 5.13 Å². The molecule has 1 aliphatic rings. The van der Waals surface area contributed by atoms with Crippen molar-refractivity contribution in [2.75, 3.05) is 25.7 Å². The maximum absolute atomic E-state index is 13.5. The van der Waals surface area contributed by atoms with Gasteiger partial charge >= 0.3 is 5.91 Å². The first-order valence-corrected chi connectivity index (χ1v) is 12.4. The fourth-order valence-corrected chi connectivity index (χ4v) is 5.39. The van der Waals surface area contributed by atoms with Gasteiger partial charge < -0.3 is 19.3 Å². The summed E-state index contributed by atoms with van der Waals surface area (Å²) >= 11 is 1.26. The van der Waals surface area contributed by atoms with E-state index >= 15 is 0 Å². The number of thiazole rings is 1. The second-order valence-electron chi connectivity index (χ2n) is 8.20. The number of hydrogen-bond acceptors (Lipinski definition) is 8. The van der Waals surface area contributed by atoms with E-state index < -0.39 is 17.7 Å². The highest BCUT2D eigenvalue weighted by molar-refractivity contribution is 7.22. The first-order valence-electron chi connectivity index (χ1n) is 11.6. The number of nitrogens with zero attached hydrogens (tertiary/aromatic N) is 2. The largest absolute Gasteiger partial charge is 0.507 e. The van der Waals surface area contributed by atoms with Gasteiger partial charge in [0.2, 0.25) is 0 Å². The third kappa shape index (κ3) is 4.27. The lowest BCUT2D eigenvalue weighted by Crippen LogP contribution is -2.29. The van der Waals surface area contributed by atoms with Crippen LogP contribution in [-0.2, 0) is 9.59 Å². The second-order valence-corrected chi connectivity index (χ2v) is 9.21. The van der Waals surface area contributed by atoms with Crippen molar-refractivity contribution in [3.05, 3.63) is 83.4 Å². The Morgan fingerprint density at radius 3 is 2.43 bits per heavy atom. The summed E-state index contributed by atoms with van der Waals surface area (Å²) in [5.41, 5.74) is 1.55. The average Bonchev–Trinajstić information content (AvgIpc) is 3.46. The smallest absolute Gasteiger partial charge is 0.301 e. The Labute approximate surface area is 217 Å². The zero-order valence-electron chi connectivity index (χ0n) is 20.4. The summed E-state index contributed by atoms with van der Waals surface area (Å²) < 4.78 is 17.2. The SMILES string of the molecule is CCOc1ccc(C(O)=C2C(=O)C(=O)N(c3nc4ccc(OC)cc4s3)C2c2ccccc2OC)cc1. The van der Waals surface area contributed by atoms with Crippen LogP contribution in [0.15, 0.2) is 72.3 Å². The maximum atomic E-state index is 13.5. The van der Waals surface area contributed by atoms with Gasteiger partial charge in [0.15, 0.2) is 5.13 Å². The van der Waals surface area contributed by atoms with Crippen molar-refractivity contribution < 1.29 is 28.9 Å². The Morgan fingerprint density at radius 2 is 1.73 bits per heavy atom. The number of aliphatic hydroxyl groups excluding tert-OH is 1. The van der Waals surface area contributed by atoms with E-state index in [1.807, 2.05) is 13.0 Å². The number of amides is 1. The van der Waals surface area contributed by atoms with Gasteiger partial charge in [-0.2, -0.15) is 0 Å². The molecule has 188 valence electrons. The minimum Gasteiger partial charge on any atom is -0.507 e. The Hall–Kier alpha value is -4.37. The molecule has 1 atom stereocenters. The molecule has 37 heavy (non-hydrogen) atoms. The highest BCUT2D eigenvalue weighted by atomic mass is 32.1. The number of Topliss-reactive ketones (excluding diaryl/α,β-unsaturated/α-hetero) is 1. The summed E-state index contributed by atoms with van der Waals surface area (Å²) in [6, 6.07) is 18.3. The molecule has 0 saturated carbocycles. The van der Waals surface area contributed by atoms with Crippen LogP contribution in [-0.4, -0.2) is 42.6 Å². The molecule has 0 aliphatic carbocycles. The molecule has 0 spiro atoms. The number of carbonyl (C=O) groups is 2. The number of ketones is 1. The molecule has 1 aromatic heterocycles. The number of benzene rings is 3. The quantitative estimate of drug-likeness (QED) is 0.201. The average molecular weight is 517 g/mol. The van der Waals surface area contributed by atoms with Gasteiger partial charge in [-0.05, 0) is 55.5 Å². The van der Waals surface area contributed by atoms with E-state index in [1.54, 1.807) is 67.8 Å². The summed E-state index contributed by atoms with van der Waals surface area (Å²) in [4.78, 5) is 32.9. The summed E-state index contributed by atoms with van der Waals surface area (Å²) in [5, 5.41) is 11.7. The summed E-state index contributed by atoms with van der Waals surface area (Å²) in [6.07, 6.45) is 0. The number of fused-ring (bicyclic) bond motifs is 1. The molecule has 5 rings (SSSR count). The van der Waals surface area contributed by atoms with E-state index in [0.717, 1.165) is 4.70 Å². The molecule has 1 fully saturated rings. The van der Waals surface area contributed by atoms with Crippen LogP contribution in [0.1, 0.15) is 24.1 Å². The molecular weight excluding hydrogens is 492 g/mol. The fraction of sp³-hybridized carbons (Fsp3) is 0.179. The Balaban J connectivity index is 1.70. The van der Waals surface area contributed by atoms with Gasteiger partial charge in [0, 0.05) is 11.1 Å². The number of carbonyl (C=O) groups excluding carboxylic acids is 2. The highest BCUT2D eigenvalue weighted by Gasteiger charge is 2.49. The van der Waals surface area contributed by atoms with Crippen LogP contribution < -0.4 is 19.1 Å². The molecule has 0 radical (unpaired) electrons. The topological polar surface area (TPSA) is 98.2 Å². The normalized spacial score (nSPS) is 16.8. The highest BCUT2D eigenvalue weighted by Crippen LogP contribution is 2.46. The zero-order chi connectivity index (χ0) is 26.1. The van der Waals surface area contributed by atoms with Crippen molar-refractivity contribution in [3.8, 4) is 17.2 Å². The molecule has 1 amide bonds. The number of methoxy groups -OCH3 is 2. The summed E-state index contributed by atoms with van der Waals surface area (Å²) in [7, 11) is 3.09. The third-order valence-corrected chi connectivity index (χ3v) is 7.12. The third-order valence-electron chi connectivity index (χ3n) is 6.11. The predicted octanol–water partition coefficient (Wildman–Crippen LogP) is 5.34. The lowest BCUT2D eigenvalue weighted by molar-refractivity contribution is -0.132. The first kappa shape index (κ1) is 24.3. The molecule has 3 aromatic carbocycles. The zero-order valence-corrected chi connectivity index (χ0v) is 21.2. The monoisotopic (exact) mass is 516 g/mol. The molecule has 2 heterocycles. The summed E-state index contributed by atoms with van der Waals surface area (Å²) in [5.74, 6) is -0.122. The number of rotatable bonds is 7. The minimum absolute atomic E-state index is 0.0458. The number of hydrogen-bond donors (Lipinski definition) is 1. The molecule has 1 aliphatic heterocycles. The van der Waals surface area contributed by atoms with Crippen LogP contribution in [0.5, 0.6) is 17.2 Å². The van der Waals surface area contributed by atoms with Gasteiger partial charge in [-0.3, -0.25) is 14.5 Å². The van der Waals surface area contributed by atoms with E-state index in [-0.39, 0.29) is 11.3 Å². The molecule has 1 unspecified atom stereocenters. The number of aromatic nitrogens is 1. The van der Waals surface area contributed by atoms with Crippen LogP contribution >= 0.6 is 11.3 Å². The molecule has 4 aromatic rings. The molecule has 1 N–H and O–H groups in total. The Morgan fingerprint density at radius 1 is 1.00 bits per heavy atom. The first-order chi connectivity index (χ1) is 18.0. The van der Waals surface area contributed by atoms with E-state index in [2.05, 4.69) is 4.98 Å². The van der Waals surface area contributed by atoms with Crippen LogP contribution in [0.2, 0.25) is 0 Å². The van der Waals surface area contributed by atoms with Crippen molar-refractivity contribution in [1.82, 2.24) is 4.98 Å². The van der Waals surface area contributed by atoms with Gasteiger partial charge in [0.1, 0.15) is 29.0 Å².